The SMILES string of the molecule is COCCNC(=O)CCC(=O)N1N=C(c2ccccc2)CC1c1ccc(OC)cc1. The number of ether oxygens (including phenoxy) is 2. The van der Waals surface area contributed by atoms with Gasteiger partial charge in [-0.15, -0.1) is 0 Å². The third-order valence-electron chi connectivity index (χ3n) is 4.97. The first-order valence-corrected chi connectivity index (χ1v) is 9.97. The van der Waals surface area contributed by atoms with Crippen molar-refractivity contribution in [3.8, 4) is 5.75 Å². The number of amides is 2. The van der Waals surface area contributed by atoms with Gasteiger partial charge in [0.15, 0.2) is 0 Å². The van der Waals surface area contributed by atoms with E-state index < -0.39 is 0 Å². The first kappa shape index (κ1) is 21.5. The predicted octanol–water partition coefficient (Wildman–Crippen LogP) is 2.92. The summed E-state index contributed by atoms with van der Waals surface area (Å²) in [4.78, 5) is 24.9. The van der Waals surface area contributed by atoms with Crippen molar-refractivity contribution in [3.05, 3.63) is 65.7 Å². The summed E-state index contributed by atoms with van der Waals surface area (Å²) in [5.41, 5.74) is 2.82. The molecule has 1 heterocycles. The molecule has 158 valence electrons. The van der Waals surface area contributed by atoms with Crippen LogP contribution in [0.1, 0.15) is 36.4 Å². The number of rotatable bonds is 9. The van der Waals surface area contributed by atoms with Crippen molar-refractivity contribution in [1.82, 2.24) is 10.3 Å². The quantitative estimate of drug-likeness (QED) is 0.646. The number of nitrogens with one attached hydrogen (secondary N) is 1. The highest BCUT2D eigenvalue weighted by molar-refractivity contribution is 6.03. The fourth-order valence-corrected chi connectivity index (χ4v) is 3.35. The Bertz CT molecular complexity index is 881. The predicted molar refractivity (Wildman–Crippen MR) is 114 cm³/mol. The van der Waals surface area contributed by atoms with Gasteiger partial charge in [0.1, 0.15) is 5.75 Å². The van der Waals surface area contributed by atoms with E-state index in [0.717, 1.165) is 22.6 Å². The summed E-state index contributed by atoms with van der Waals surface area (Å²) >= 11 is 0. The van der Waals surface area contributed by atoms with Crippen LogP contribution in [0.4, 0.5) is 0 Å². The summed E-state index contributed by atoms with van der Waals surface area (Å²) in [6, 6.07) is 17.3. The summed E-state index contributed by atoms with van der Waals surface area (Å²) in [7, 11) is 3.19. The van der Waals surface area contributed by atoms with Crippen molar-refractivity contribution in [2.75, 3.05) is 27.4 Å². The summed E-state index contributed by atoms with van der Waals surface area (Å²) in [6.45, 7) is 0.869. The Labute approximate surface area is 176 Å². The van der Waals surface area contributed by atoms with Crippen LogP contribution in [0.5, 0.6) is 5.75 Å². The van der Waals surface area contributed by atoms with Crippen LogP contribution in [0.2, 0.25) is 0 Å². The normalized spacial score (nSPS) is 15.6. The Morgan fingerprint density at radius 1 is 1.07 bits per heavy atom. The van der Waals surface area contributed by atoms with Crippen LogP contribution in [0.15, 0.2) is 59.7 Å². The lowest BCUT2D eigenvalue weighted by atomic mass is 9.98. The maximum absolute atomic E-state index is 13.0. The number of benzene rings is 2. The molecule has 0 aromatic heterocycles. The van der Waals surface area contributed by atoms with E-state index in [0.29, 0.717) is 19.6 Å². The zero-order chi connectivity index (χ0) is 21.3. The summed E-state index contributed by atoms with van der Waals surface area (Å²) in [5.74, 6) is 0.406. The molecule has 3 rings (SSSR count). The number of carbonyl (C=O) groups is 2. The molecule has 1 aliphatic heterocycles. The standard InChI is InChI=1S/C23H27N3O4/c1-29-15-14-24-22(27)12-13-23(28)26-21(18-8-10-19(30-2)11-9-18)16-20(25-26)17-6-4-3-5-7-17/h3-11,21H,12-16H2,1-2H3,(H,24,27). The minimum atomic E-state index is -0.213. The Morgan fingerprint density at radius 2 is 1.80 bits per heavy atom. The van der Waals surface area contributed by atoms with Gasteiger partial charge in [0.05, 0.1) is 25.5 Å². The highest BCUT2D eigenvalue weighted by Crippen LogP contribution is 2.34. The zero-order valence-corrected chi connectivity index (χ0v) is 17.3. The minimum Gasteiger partial charge on any atom is -0.497 e. The van der Waals surface area contributed by atoms with Crippen LogP contribution >= 0.6 is 0 Å². The minimum absolute atomic E-state index is 0.0943. The number of hydrogen-bond acceptors (Lipinski definition) is 5. The van der Waals surface area contributed by atoms with Crippen molar-refractivity contribution in [2.24, 2.45) is 5.10 Å². The van der Waals surface area contributed by atoms with Gasteiger partial charge in [0.25, 0.3) is 0 Å². The molecule has 2 aromatic rings. The second-order valence-corrected chi connectivity index (χ2v) is 6.99. The number of hydrogen-bond donors (Lipinski definition) is 1. The molecule has 1 N–H and O–H groups in total. The average molecular weight is 409 g/mol. The Kier molecular flexibility index (Phi) is 7.57. The van der Waals surface area contributed by atoms with E-state index in [1.165, 1.54) is 5.01 Å². The molecule has 0 radical (unpaired) electrons. The van der Waals surface area contributed by atoms with E-state index in [1.807, 2.05) is 54.6 Å². The highest BCUT2D eigenvalue weighted by Gasteiger charge is 2.33. The number of methoxy groups -OCH3 is 2. The molecule has 2 amide bonds. The molecule has 0 aliphatic carbocycles. The van der Waals surface area contributed by atoms with E-state index in [9.17, 15) is 9.59 Å². The fourth-order valence-electron chi connectivity index (χ4n) is 3.35. The molecular weight excluding hydrogens is 382 g/mol. The van der Waals surface area contributed by atoms with Crippen LogP contribution in [-0.4, -0.2) is 49.9 Å². The molecule has 2 aromatic carbocycles. The second kappa shape index (κ2) is 10.5. The van der Waals surface area contributed by atoms with Crippen molar-refractivity contribution in [1.29, 1.82) is 0 Å². The van der Waals surface area contributed by atoms with Gasteiger partial charge in [-0.2, -0.15) is 5.10 Å². The van der Waals surface area contributed by atoms with E-state index in [-0.39, 0.29) is 30.7 Å². The maximum atomic E-state index is 13.0. The van der Waals surface area contributed by atoms with Gasteiger partial charge in [0.2, 0.25) is 11.8 Å². The van der Waals surface area contributed by atoms with Crippen molar-refractivity contribution in [2.45, 2.75) is 25.3 Å². The largest absolute Gasteiger partial charge is 0.497 e. The molecular formula is C23H27N3O4. The first-order chi connectivity index (χ1) is 14.6. The number of hydrazone groups is 1. The first-order valence-electron chi connectivity index (χ1n) is 9.97. The summed E-state index contributed by atoms with van der Waals surface area (Å²) in [5, 5.41) is 8.89. The van der Waals surface area contributed by atoms with Crippen LogP contribution in [0.3, 0.4) is 0 Å². The molecule has 0 spiro atoms. The molecule has 0 fully saturated rings. The lowest BCUT2D eigenvalue weighted by molar-refractivity contribution is -0.135. The molecule has 30 heavy (non-hydrogen) atoms. The second-order valence-electron chi connectivity index (χ2n) is 6.99. The Balaban J connectivity index is 1.74. The molecule has 1 unspecified atom stereocenters. The van der Waals surface area contributed by atoms with Crippen LogP contribution in [-0.2, 0) is 14.3 Å². The molecule has 0 bridgehead atoms. The lowest BCUT2D eigenvalue weighted by Crippen LogP contribution is -2.30. The third kappa shape index (κ3) is 5.45. The van der Waals surface area contributed by atoms with Crippen LogP contribution < -0.4 is 10.1 Å². The van der Waals surface area contributed by atoms with Crippen molar-refractivity contribution in [3.63, 3.8) is 0 Å². The fraction of sp³-hybridized carbons (Fsp3) is 0.348. The molecule has 7 heteroatoms. The van der Waals surface area contributed by atoms with E-state index in [2.05, 4.69) is 10.4 Å². The maximum Gasteiger partial charge on any atom is 0.243 e. The number of nitrogens with zero attached hydrogens (tertiary/aromatic N) is 2. The number of carbonyl (C=O) groups excluding carboxylic acids is 2. The summed E-state index contributed by atoms with van der Waals surface area (Å²) < 4.78 is 10.2. The topological polar surface area (TPSA) is 80.2 Å². The Hall–Kier alpha value is -3.19. The van der Waals surface area contributed by atoms with E-state index in [1.54, 1.807) is 14.2 Å². The van der Waals surface area contributed by atoms with Gasteiger partial charge in [-0.1, -0.05) is 42.5 Å². The molecule has 1 aliphatic rings. The van der Waals surface area contributed by atoms with E-state index in [4.69, 9.17) is 9.47 Å². The van der Waals surface area contributed by atoms with Crippen molar-refractivity contribution < 1.29 is 19.1 Å². The van der Waals surface area contributed by atoms with Gasteiger partial charge in [0, 0.05) is 32.9 Å². The molecule has 0 saturated carbocycles. The van der Waals surface area contributed by atoms with Gasteiger partial charge >= 0.3 is 0 Å². The molecule has 0 saturated heterocycles. The smallest absolute Gasteiger partial charge is 0.243 e. The van der Waals surface area contributed by atoms with Crippen LogP contribution in [0.25, 0.3) is 0 Å². The monoisotopic (exact) mass is 409 g/mol. The molecule has 7 nitrogen and oxygen atoms in total. The highest BCUT2D eigenvalue weighted by atomic mass is 16.5. The zero-order valence-electron chi connectivity index (χ0n) is 17.3. The van der Waals surface area contributed by atoms with Gasteiger partial charge in [-0.3, -0.25) is 9.59 Å². The Morgan fingerprint density at radius 3 is 2.47 bits per heavy atom. The summed E-state index contributed by atoms with van der Waals surface area (Å²) in [6.07, 6.45) is 0.823. The van der Waals surface area contributed by atoms with Crippen molar-refractivity contribution >= 4 is 17.5 Å². The van der Waals surface area contributed by atoms with Gasteiger partial charge in [-0.25, -0.2) is 5.01 Å². The molecule has 1 atom stereocenters. The lowest BCUT2D eigenvalue weighted by Gasteiger charge is -2.22. The van der Waals surface area contributed by atoms with Gasteiger partial charge in [-0.05, 0) is 23.3 Å². The van der Waals surface area contributed by atoms with Crippen LogP contribution in [0, 0.1) is 0 Å². The van der Waals surface area contributed by atoms with Gasteiger partial charge < -0.3 is 14.8 Å². The average Bonchev–Trinajstić information content (AvgIpc) is 3.24. The van der Waals surface area contributed by atoms with E-state index >= 15 is 0 Å². The third-order valence-corrected chi connectivity index (χ3v) is 4.97.